The van der Waals surface area contributed by atoms with Crippen LogP contribution in [0.5, 0.6) is 0 Å². The highest BCUT2D eigenvalue weighted by atomic mass is 16.1. The largest absolute Gasteiger partial charge is 0.290 e. The third-order valence-corrected chi connectivity index (χ3v) is 3.29. The summed E-state index contributed by atoms with van der Waals surface area (Å²) in [6.07, 6.45) is 4.45. The Balaban J connectivity index is 1.87. The standard InChI is InChI=1S/C18H14O/c19-18-13-16(15-9-5-2-6-10-15)12-17(18)11-14-7-3-1-4-8-14/h1-11,13H,12H2/b17-11-. The van der Waals surface area contributed by atoms with Gasteiger partial charge in [0.15, 0.2) is 5.78 Å². The van der Waals surface area contributed by atoms with Crippen molar-refractivity contribution in [1.82, 2.24) is 0 Å². The molecule has 92 valence electrons. The number of carbonyl (C=O) groups excluding carboxylic acids is 1. The maximum absolute atomic E-state index is 12.0. The molecule has 0 radical (unpaired) electrons. The van der Waals surface area contributed by atoms with Crippen LogP contribution < -0.4 is 0 Å². The predicted octanol–water partition coefficient (Wildman–Crippen LogP) is 4.13. The number of hydrogen-bond donors (Lipinski definition) is 0. The molecule has 0 N–H and O–H groups in total. The van der Waals surface area contributed by atoms with Crippen molar-refractivity contribution in [3.63, 3.8) is 0 Å². The molecule has 1 aliphatic rings. The van der Waals surface area contributed by atoms with Crippen LogP contribution in [0.3, 0.4) is 0 Å². The Bertz CT molecular complexity index is 649. The summed E-state index contributed by atoms with van der Waals surface area (Å²) in [6, 6.07) is 20.1. The molecule has 3 rings (SSSR count). The summed E-state index contributed by atoms with van der Waals surface area (Å²) in [5.41, 5.74) is 4.18. The van der Waals surface area contributed by atoms with Crippen LogP contribution in [0.1, 0.15) is 17.5 Å². The van der Waals surface area contributed by atoms with E-state index in [9.17, 15) is 4.79 Å². The van der Waals surface area contributed by atoms with Crippen molar-refractivity contribution in [2.24, 2.45) is 0 Å². The third kappa shape index (κ3) is 2.55. The molecule has 19 heavy (non-hydrogen) atoms. The van der Waals surface area contributed by atoms with Crippen molar-refractivity contribution in [2.75, 3.05) is 0 Å². The first-order valence-electron chi connectivity index (χ1n) is 6.39. The predicted molar refractivity (Wildman–Crippen MR) is 78.5 cm³/mol. The summed E-state index contributed by atoms with van der Waals surface area (Å²) in [4.78, 5) is 12.0. The first kappa shape index (κ1) is 11.7. The molecule has 0 heterocycles. The zero-order chi connectivity index (χ0) is 13.1. The van der Waals surface area contributed by atoms with Crippen LogP contribution in [-0.4, -0.2) is 5.78 Å². The number of hydrogen-bond acceptors (Lipinski definition) is 1. The van der Waals surface area contributed by atoms with Gasteiger partial charge in [-0.2, -0.15) is 0 Å². The minimum absolute atomic E-state index is 0.128. The molecule has 0 bridgehead atoms. The minimum atomic E-state index is 0.128. The Hall–Kier alpha value is -2.41. The summed E-state index contributed by atoms with van der Waals surface area (Å²) < 4.78 is 0. The lowest BCUT2D eigenvalue weighted by atomic mass is 10.0. The summed E-state index contributed by atoms with van der Waals surface area (Å²) in [5.74, 6) is 0.128. The Labute approximate surface area is 112 Å². The van der Waals surface area contributed by atoms with Crippen LogP contribution in [0.15, 0.2) is 72.3 Å². The second-order valence-corrected chi connectivity index (χ2v) is 4.66. The van der Waals surface area contributed by atoms with Crippen molar-refractivity contribution in [1.29, 1.82) is 0 Å². The summed E-state index contributed by atoms with van der Waals surface area (Å²) >= 11 is 0. The van der Waals surface area contributed by atoms with E-state index in [1.165, 1.54) is 0 Å². The number of rotatable bonds is 2. The first-order chi connectivity index (χ1) is 9.33. The fourth-order valence-electron chi connectivity index (χ4n) is 2.30. The summed E-state index contributed by atoms with van der Waals surface area (Å²) in [7, 11) is 0. The SMILES string of the molecule is O=C1C=C(c2ccccc2)C/C1=C/c1ccccc1. The van der Waals surface area contributed by atoms with E-state index in [-0.39, 0.29) is 5.78 Å². The minimum Gasteiger partial charge on any atom is -0.290 e. The zero-order valence-electron chi connectivity index (χ0n) is 10.5. The topological polar surface area (TPSA) is 17.1 Å². The van der Waals surface area contributed by atoms with Crippen LogP contribution in [0, 0.1) is 0 Å². The summed E-state index contributed by atoms with van der Waals surface area (Å²) in [5, 5.41) is 0. The van der Waals surface area contributed by atoms with Gasteiger partial charge in [-0.15, -0.1) is 0 Å². The Morgan fingerprint density at radius 1 is 0.842 bits per heavy atom. The molecule has 0 aliphatic heterocycles. The molecule has 0 aromatic heterocycles. The van der Waals surface area contributed by atoms with Crippen molar-refractivity contribution < 1.29 is 4.79 Å². The maximum atomic E-state index is 12.0. The van der Waals surface area contributed by atoms with Crippen LogP contribution >= 0.6 is 0 Å². The Morgan fingerprint density at radius 3 is 2.16 bits per heavy atom. The molecule has 0 saturated heterocycles. The van der Waals surface area contributed by atoms with E-state index in [1.807, 2.05) is 66.7 Å². The molecule has 1 heteroatoms. The van der Waals surface area contributed by atoms with Crippen molar-refractivity contribution in [2.45, 2.75) is 6.42 Å². The zero-order valence-corrected chi connectivity index (χ0v) is 10.5. The number of ketones is 1. The molecule has 1 nitrogen and oxygen atoms in total. The highest BCUT2D eigenvalue weighted by Crippen LogP contribution is 2.30. The van der Waals surface area contributed by atoms with E-state index < -0.39 is 0 Å². The smallest absolute Gasteiger partial charge is 0.182 e. The van der Waals surface area contributed by atoms with Gasteiger partial charge in [0.1, 0.15) is 0 Å². The Morgan fingerprint density at radius 2 is 1.47 bits per heavy atom. The van der Waals surface area contributed by atoms with E-state index in [2.05, 4.69) is 0 Å². The normalized spacial score (nSPS) is 16.7. The second-order valence-electron chi connectivity index (χ2n) is 4.66. The van der Waals surface area contributed by atoms with Crippen LogP contribution in [0.4, 0.5) is 0 Å². The lowest BCUT2D eigenvalue weighted by Crippen LogP contribution is -1.90. The second kappa shape index (κ2) is 5.07. The van der Waals surface area contributed by atoms with Crippen molar-refractivity contribution in [3.8, 4) is 0 Å². The molecule has 0 spiro atoms. The van der Waals surface area contributed by atoms with Gasteiger partial charge in [-0.25, -0.2) is 0 Å². The quantitative estimate of drug-likeness (QED) is 0.728. The molecule has 2 aromatic rings. The fourth-order valence-corrected chi connectivity index (χ4v) is 2.30. The lowest BCUT2D eigenvalue weighted by molar-refractivity contribution is -0.110. The van der Waals surface area contributed by atoms with Gasteiger partial charge in [0, 0.05) is 12.0 Å². The van der Waals surface area contributed by atoms with Crippen molar-refractivity contribution >= 4 is 17.4 Å². The molecule has 0 amide bonds. The first-order valence-corrected chi connectivity index (χ1v) is 6.39. The number of benzene rings is 2. The summed E-state index contributed by atoms with van der Waals surface area (Å²) in [6.45, 7) is 0. The van der Waals surface area contributed by atoms with Gasteiger partial charge in [-0.3, -0.25) is 4.79 Å². The fraction of sp³-hybridized carbons (Fsp3) is 0.0556. The van der Waals surface area contributed by atoms with Gasteiger partial charge < -0.3 is 0 Å². The molecule has 2 aromatic carbocycles. The van der Waals surface area contributed by atoms with Gasteiger partial charge in [0.25, 0.3) is 0 Å². The van der Waals surface area contributed by atoms with Gasteiger partial charge in [-0.05, 0) is 28.9 Å². The van der Waals surface area contributed by atoms with E-state index in [1.54, 1.807) is 6.08 Å². The van der Waals surface area contributed by atoms with Crippen molar-refractivity contribution in [3.05, 3.63) is 83.4 Å². The van der Waals surface area contributed by atoms with Gasteiger partial charge in [0.2, 0.25) is 0 Å². The van der Waals surface area contributed by atoms with Crippen LogP contribution in [0.25, 0.3) is 11.6 Å². The number of allylic oxidation sites excluding steroid dienone is 3. The highest BCUT2D eigenvalue weighted by molar-refractivity contribution is 6.16. The number of carbonyl (C=O) groups is 1. The highest BCUT2D eigenvalue weighted by Gasteiger charge is 2.19. The van der Waals surface area contributed by atoms with Gasteiger partial charge in [0.05, 0.1) is 0 Å². The van der Waals surface area contributed by atoms with Crippen LogP contribution in [0.2, 0.25) is 0 Å². The molecular formula is C18H14O. The molecule has 0 unspecified atom stereocenters. The van der Waals surface area contributed by atoms with Crippen LogP contribution in [-0.2, 0) is 4.79 Å². The molecule has 0 fully saturated rings. The third-order valence-electron chi connectivity index (χ3n) is 3.29. The molecule has 0 saturated carbocycles. The van der Waals surface area contributed by atoms with E-state index in [4.69, 9.17) is 0 Å². The Kier molecular flexibility index (Phi) is 3.11. The lowest BCUT2D eigenvalue weighted by Gasteiger charge is -2.01. The average Bonchev–Trinajstić information content (AvgIpc) is 2.82. The van der Waals surface area contributed by atoms with E-state index in [0.717, 1.165) is 28.7 Å². The average molecular weight is 246 g/mol. The molecular weight excluding hydrogens is 232 g/mol. The molecule has 0 atom stereocenters. The van der Waals surface area contributed by atoms with E-state index in [0.29, 0.717) is 0 Å². The molecule has 1 aliphatic carbocycles. The van der Waals surface area contributed by atoms with Gasteiger partial charge in [-0.1, -0.05) is 60.7 Å². The van der Waals surface area contributed by atoms with E-state index >= 15 is 0 Å². The van der Waals surface area contributed by atoms with Gasteiger partial charge >= 0.3 is 0 Å². The monoisotopic (exact) mass is 246 g/mol. The maximum Gasteiger partial charge on any atom is 0.182 e.